The van der Waals surface area contributed by atoms with Gasteiger partial charge >= 0.3 is 0 Å². The summed E-state index contributed by atoms with van der Waals surface area (Å²) in [5.74, 6) is 0. The monoisotopic (exact) mass is 310 g/mol. The fraction of sp³-hybridized carbons (Fsp3) is 0.526. The van der Waals surface area contributed by atoms with Crippen molar-refractivity contribution in [2.45, 2.75) is 39.3 Å². The van der Waals surface area contributed by atoms with E-state index in [-0.39, 0.29) is 0 Å². The molecule has 4 heteroatoms. The Morgan fingerprint density at radius 2 is 2.09 bits per heavy atom. The van der Waals surface area contributed by atoms with Crippen LogP contribution in [0.1, 0.15) is 29.5 Å². The lowest BCUT2D eigenvalue weighted by Crippen LogP contribution is -2.49. The van der Waals surface area contributed by atoms with E-state index in [1.807, 2.05) is 16.9 Å². The predicted molar refractivity (Wildman–Crippen MR) is 92.9 cm³/mol. The van der Waals surface area contributed by atoms with Crippen LogP contribution in [0.5, 0.6) is 0 Å². The zero-order valence-electron chi connectivity index (χ0n) is 14.2. The molecule has 1 atom stereocenters. The zero-order chi connectivity index (χ0) is 15.8. The fourth-order valence-corrected chi connectivity index (χ4v) is 4.34. The number of hydrogen-bond acceptors (Lipinski definition) is 3. The lowest BCUT2D eigenvalue weighted by molar-refractivity contribution is 0.0993. The first-order valence-corrected chi connectivity index (χ1v) is 8.77. The van der Waals surface area contributed by atoms with E-state index >= 15 is 0 Å². The number of nitrogens with zero attached hydrogens (tertiary/aromatic N) is 4. The molecule has 23 heavy (non-hydrogen) atoms. The Labute approximate surface area is 138 Å². The summed E-state index contributed by atoms with van der Waals surface area (Å²) in [5.41, 5.74) is 5.31. The maximum absolute atomic E-state index is 4.47. The van der Waals surface area contributed by atoms with Gasteiger partial charge in [0, 0.05) is 44.6 Å². The third-order valence-electron chi connectivity index (χ3n) is 5.32. The van der Waals surface area contributed by atoms with Crippen molar-refractivity contribution in [3.8, 4) is 5.69 Å². The molecule has 2 saturated heterocycles. The molecule has 0 radical (unpaired) electrons. The highest BCUT2D eigenvalue weighted by atomic mass is 15.3. The number of aromatic nitrogens is 2. The fourth-order valence-electron chi connectivity index (χ4n) is 4.34. The number of rotatable bonds is 3. The molecule has 0 spiro atoms. The molecule has 4 nitrogen and oxygen atoms in total. The molecule has 0 aliphatic carbocycles. The number of hydrogen-bond donors (Lipinski definition) is 0. The van der Waals surface area contributed by atoms with Gasteiger partial charge in [0.15, 0.2) is 0 Å². The Morgan fingerprint density at radius 3 is 2.91 bits per heavy atom. The van der Waals surface area contributed by atoms with Gasteiger partial charge in [-0.15, -0.1) is 0 Å². The van der Waals surface area contributed by atoms with E-state index in [1.165, 1.54) is 61.4 Å². The number of aryl methyl sites for hydroxylation is 2. The van der Waals surface area contributed by atoms with Crippen molar-refractivity contribution in [1.82, 2.24) is 19.6 Å². The topological polar surface area (TPSA) is 24.3 Å². The minimum Gasteiger partial charge on any atom is -0.298 e. The van der Waals surface area contributed by atoms with Crippen LogP contribution in [0, 0.1) is 13.8 Å². The zero-order valence-corrected chi connectivity index (χ0v) is 14.2. The van der Waals surface area contributed by atoms with Crippen LogP contribution in [-0.2, 0) is 6.54 Å². The molecule has 122 valence electrons. The molecule has 0 unspecified atom stereocenters. The average molecular weight is 310 g/mol. The molecule has 0 amide bonds. The number of fused-ring (bicyclic) bond motifs is 1. The molecule has 2 aromatic rings. The van der Waals surface area contributed by atoms with Crippen molar-refractivity contribution in [1.29, 1.82) is 0 Å². The summed E-state index contributed by atoms with van der Waals surface area (Å²) in [5, 5.41) is 4.47. The molecule has 0 N–H and O–H groups in total. The van der Waals surface area contributed by atoms with Crippen molar-refractivity contribution >= 4 is 0 Å². The standard InChI is InChI=1S/C19H26N4/c1-15-11-16(2)19(23-8-4-6-20-23)17(12-15)13-21-9-10-22-7-3-5-18(22)14-21/h4,6,8,11-12,18H,3,5,7,9-10,13-14H2,1-2H3/t18-/m1/s1. The Morgan fingerprint density at radius 1 is 1.17 bits per heavy atom. The molecule has 2 fully saturated rings. The Kier molecular flexibility index (Phi) is 3.95. The van der Waals surface area contributed by atoms with Crippen molar-refractivity contribution in [2.75, 3.05) is 26.2 Å². The minimum absolute atomic E-state index is 0.780. The summed E-state index contributed by atoms with van der Waals surface area (Å²) < 4.78 is 2.02. The van der Waals surface area contributed by atoms with Crippen molar-refractivity contribution in [2.24, 2.45) is 0 Å². The van der Waals surface area contributed by atoms with Crippen LogP contribution >= 0.6 is 0 Å². The molecule has 0 saturated carbocycles. The second-order valence-electron chi connectivity index (χ2n) is 7.11. The summed E-state index contributed by atoms with van der Waals surface area (Å²) in [6, 6.07) is 7.38. The highest BCUT2D eigenvalue weighted by Gasteiger charge is 2.30. The molecule has 0 bridgehead atoms. The Bertz CT molecular complexity index is 677. The molecule has 2 aliphatic heterocycles. The lowest BCUT2D eigenvalue weighted by Gasteiger charge is -2.37. The van der Waals surface area contributed by atoms with E-state index in [1.54, 1.807) is 0 Å². The first-order valence-electron chi connectivity index (χ1n) is 8.77. The first-order chi connectivity index (χ1) is 11.2. The van der Waals surface area contributed by atoms with Gasteiger partial charge in [0.2, 0.25) is 0 Å². The van der Waals surface area contributed by atoms with Crippen molar-refractivity contribution in [3.63, 3.8) is 0 Å². The molecule has 4 rings (SSSR count). The van der Waals surface area contributed by atoms with Crippen LogP contribution < -0.4 is 0 Å². The highest BCUT2D eigenvalue weighted by molar-refractivity contribution is 5.49. The van der Waals surface area contributed by atoms with E-state index in [0.29, 0.717) is 0 Å². The van der Waals surface area contributed by atoms with Gasteiger partial charge in [-0.1, -0.05) is 17.7 Å². The van der Waals surface area contributed by atoms with Crippen LogP contribution in [-0.4, -0.2) is 51.8 Å². The van der Waals surface area contributed by atoms with Crippen LogP contribution in [0.4, 0.5) is 0 Å². The highest BCUT2D eigenvalue weighted by Crippen LogP contribution is 2.26. The molecular weight excluding hydrogens is 284 g/mol. The van der Waals surface area contributed by atoms with E-state index in [4.69, 9.17) is 0 Å². The largest absolute Gasteiger partial charge is 0.298 e. The van der Waals surface area contributed by atoms with E-state index in [9.17, 15) is 0 Å². The maximum atomic E-state index is 4.47. The van der Waals surface area contributed by atoms with Gasteiger partial charge in [-0.2, -0.15) is 5.10 Å². The maximum Gasteiger partial charge on any atom is 0.0719 e. The summed E-state index contributed by atoms with van der Waals surface area (Å²) in [6.07, 6.45) is 6.66. The second-order valence-corrected chi connectivity index (χ2v) is 7.11. The summed E-state index contributed by atoms with van der Waals surface area (Å²) in [4.78, 5) is 5.31. The molecular formula is C19H26N4. The second kappa shape index (κ2) is 6.10. The molecule has 1 aromatic carbocycles. The molecule has 2 aliphatic rings. The summed E-state index contributed by atoms with van der Waals surface area (Å²) in [7, 11) is 0. The third kappa shape index (κ3) is 2.93. The molecule has 1 aromatic heterocycles. The Balaban J connectivity index is 1.61. The third-order valence-corrected chi connectivity index (χ3v) is 5.32. The Hall–Kier alpha value is -1.65. The van der Waals surface area contributed by atoms with Crippen LogP contribution in [0.2, 0.25) is 0 Å². The van der Waals surface area contributed by atoms with E-state index < -0.39 is 0 Å². The van der Waals surface area contributed by atoms with E-state index in [0.717, 1.165) is 12.6 Å². The number of benzene rings is 1. The normalized spacial score (nSPS) is 22.4. The summed E-state index contributed by atoms with van der Waals surface area (Å²) in [6.45, 7) is 10.4. The van der Waals surface area contributed by atoms with Gasteiger partial charge in [0.25, 0.3) is 0 Å². The lowest BCUT2D eigenvalue weighted by atomic mass is 10.0. The number of piperazine rings is 1. The summed E-state index contributed by atoms with van der Waals surface area (Å²) >= 11 is 0. The van der Waals surface area contributed by atoms with Gasteiger partial charge in [0.05, 0.1) is 5.69 Å². The average Bonchev–Trinajstić information content (AvgIpc) is 3.17. The van der Waals surface area contributed by atoms with Crippen LogP contribution in [0.15, 0.2) is 30.6 Å². The van der Waals surface area contributed by atoms with E-state index in [2.05, 4.69) is 47.1 Å². The van der Waals surface area contributed by atoms with Gasteiger partial charge in [-0.3, -0.25) is 9.80 Å². The van der Waals surface area contributed by atoms with Gasteiger partial charge in [-0.05, 0) is 50.4 Å². The first kappa shape index (κ1) is 14.9. The SMILES string of the molecule is Cc1cc(C)c(-n2cccn2)c(CN2CCN3CCC[C@@H]3C2)c1. The van der Waals surface area contributed by atoms with Gasteiger partial charge in [0.1, 0.15) is 0 Å². The van der Waals surface area contributed by atoms with Crippen LogP contribution in [0.25, 0.3) is 5.69 Å². The van der Waals surface area contributed by atoms with Gasteiger partial charge < -0.3 is 0 Å². The van der Waals surface area contributed by atoms with Crippen LogP contribution in [0.3, 0.4) is 0 Å². The van der Waals surface area contributed by atoms with Crippen molar-refractivity contribution < 1.29 is 0 Å². The smallest absolute Gasteiger partial charge is 0.0719 e. The molecule has 3 heterocycles. The predicted octanol–water partition coefficient (Wildman–Crippen LogP) is 2.77. The van der Waals surface area contributed by atoms with Gasteiger partial charge in [-0.25, -0.2) is 4.68 Å². The van der Waals surface area contributed by atoms with Crippen molar-refractivity contribution in [3.05, 3.63) is 47.3 Å². The minimum atomic E-state index is 0.780. The quantitative estimate of drug-likeness (QED) is 0.871.